The van der Waals surface area contributed by atoms with Crippen molar-refractivity contribution in [1.82, 2.24) is 20.3 Å². The first kappa shape index (κ1) is 15.2. The first-order valence-electron chi connectivity index (χ1n) is 7.64. The number of H-pyrrole nitrogens is 1. The van der Waals surface area contributed by atoms with Crippen molar-refractivity contribution in [2.45, 2.75) is 33.7 Å². The van der Waals surface area contributed by atoms with E-state index in [2.05, 4.69) is 39.3 Å². The lowest BCUT2D eigenvalue weighted by molar-refractivity contribution is 0.0934. The monoisotopic (exact) mass is 308 g/mol. The fraction of sp³-hybridized carbons (Fsp3) is 0.278. The molecule has 5 nitrogen and oxygen atoms in total. The summed E-state index contributed by atoms with van der Waals surface area (Å²) in [5.41, 5.74) is 5.71. The molecule has 0 radical (unpaired) electrons. The summed E-state index contributed by atoms with van der Waals surface area (Å²) in [6, 6.07) is 5.78. The van der Waals surface area contributed by atoms with E-state index in [1.807, 2.05) is 20.8 Å². The van der Waals surface area contributed by atoms with Crippen LogP contribution in [-0.4, -0.2) is 20.9 Å². The van der Waals surface area contributed by atoms with Crippen LogP contribution >= 0.6 is 0 Å². The second-order valence-electron chi connectivity index (χ2n) is 5.90. The maximum Gasteiger partial charge on any atom is 0.268 e. The summed E-state index contributed by atoms with van der Waals surface area (Å²) in [7, 11) is 0. The lowest BCUT2D eigenvalue weighted by Crippen LogP contribution is -2.28. The number of hydrogen-bond acceptors (Lipinski definition) is 3. The summed E-state index contributed by atoms with van der Waals surface area (Å²) in [6.07, 6.45) is 3.16. The van der Waals surface area contributed by atoms with Crippen LogP contribution < -0.4 is 5.32 Å². The van der Waals surface area contributed by atoms with Crippen LogP contribution in [0.4, 0.5) is 0 Å². The number of aromatic amines is 1. The maximum absolute atomic E-state index is 12.7. The molecule has 2 heterocycles. The first-order valence-corrected chi connectivity index (χ1v) is 7.64. The van der Waals surface area contributed by atoms with Crippen molar-refractivity contribution in [1.29, 1.82) is 0 Å². The van der Waals surface area contributed by atoms with Gasteiger partial charge in [-0.15, -0.1) is 0 Å². The molecule has 0 aliphatic rings. The Morgan fingerprint density at radius 2 is 1.91 bits per heavy atom. The highest BCUT2D eigenvalue weighted by molar-refractivity contribution is 6.02. The van der Waals surface area contributed by atoms with Gasteiger partial charge in [0.15, 0.2) is 0 Å². The van der Waals surface area contributed by atoms with E-state index < -0.39 is 0 Å². The van der Waals surface area contributed by atoms with Crippen molar-refractivity contribution in [3.05, 3.63) is 58.8 Å². The second kappa shape index (κ2) is 5.83. The van der Waals surface area contributed by atoms with Crippen molar-refractivity contribution < 1.29 is 4.79 Å². The van der Waals surface area contributed by atoms with Gasteiger partial charge in [-0.25, -0.2) is 9.97 Å². The predicted octanol–water partition coefficient (Wildman–Crippen LogP) is 3.37. The van der Waals surface area contributed by atoms with Gasteiger partial charge in [0.05, 0.1) is 11.7 Å². The molecule has 2 N–H and O–H groups in total. The van der Waals surface area contributed by atoms with Gasteiger partial charge in [-0.2, -0.15) is 0 Å². The molecular weight excluding hydrogens is 288 g/mol. The van der Waals surface area contributed by atoms with E-state index in [1.165, 1.54) is 11.9 Å². The maximum atomic E-state index is 12.7. The lowest BCUT2D eigenvalue weighted by atomic mass is 10.0. The average Bonchev–Trinajstić information content (AvgIpc) is 2.91. The molecule has 1 atom stereocenters. The predicted molar refractivity (Wildman–Crippen MR) is 90.4 cm³/mol. The molecular formula is C18H20N4O. The molecule has 0 saturated heterocycles. The summed E-state index contributed by atoms with van der Waals surface area (Å²) in [4.78, 5) is 24.0. The van der Waals surface area contributed by atoms with Crippen molar-refractivity contribution in [3.8, 4) is 0 Å². The van der Waals surface area contributed by atoms with Crippen LogP contribution in [0.3, 0.4) is 0 Å². The van der Waals surface area contributed by atoms with Crippen molar-refractivity contribution in [3.63, 3.8) is 0 Å². The van der Waals surface area contributed by atoms with Crippen LogP contribution in [0.1, 0.15) is 45.8 Å². The molecule has 5 heteroatoms. The number of benzene rings is 1. The molecule has 0 unspecified atom stereocenters. The van der Waals surface area contributed by atoms with E-state index in [9.17, 15) is 4.79 Å². The molecule has 3 rings (SSSR count). The van der Waals surface area contributed by atoms with Crippen LogP contribution in [0.5, 0.6) is 0 Å². The molecule has 1 aromatic carbocycles. The molecule has 3 aromatic rings. The van der Waals surface area contributed by atoms with Crippen LogP contribution in [0, 0.1) is 20.8 Å². The summed E-state index contributed by atoms with van der Waals surface area (Å²) in [5, 5.41) is 4.12. The Balaban J connectivity index is 1.94. The van der Waals surface area contributed by atoms with Crippen molar-refractivity contribution in [2.24, 2.45) is 0 Å². The van der Waals surface area contributed by atoms with Gasteiger partial charge >= 0.3 is 0 Å². The Kier molecular flexibility index (Phi) is 3.86. The number of nitrogens with zero attached hydrogens (tertiary/aromatic N) is 2. The SMILES string of the molecule is Cc1ccc(C)c2c(C)c(C(=O)N[C@H](C)c3ccncn3)[nH]c12. The van der Waals surface area contributed by atoms with Gasteiger partial charge in [0.2, 0.25) is 0 Å². The van der Waals surface area contributed by atoms with E-state index in [0.717, 1.165) is 27.7 Å². The molecule has 1 amide bonds. The van der Waals surface area contributed by atoms with Crippen LogP contribution in [-0.2, 0) is 0 Å². The highest BCUT2D eigenvalue weighted by Gasteiger charge is 2.19. The molecule has 0 aliphatic carbocycles. The number of aromatic nitrogens is 3. The van der Waals surface area contributed by atoms with E-state index in [-0.39, 0.29) is 11.9 Å². The Labute approximate surface area is 135 Å². The number of carbonyl (C=O) groups excluding carboxylic acids is 1. The van der Waals surface area contributed by atoms with Gasteiger partial charge in [0, 0.05) is 17.1 Å². The fourth-order valence-electron chi connectivity index (χ4n) is 2.93. The van der Waals surface area contributed by atoms with Gasteiger partial charge in [-0.3, -0.25) is 4.79 Å². The molecule has 23 heavy (non-hydrogen) atoms. The zero-order valence-corrected chi connectivity index (χ0v) is 13.8. The molecule has 0 bridgehead atoms. The third kappa shape index (κ3) is 2.70. The summed E-state index contributed by atoms with van der Waals surface area (Å²) in [5.74, 6) is -0.122. The zero-order chi connectivity index (χ0) is 16.6. The van der Waals surface area contributed by atoms with Crippen molar-refractivity contribution >= 4 is 16.8 Å². The van der Waals surface area contributed by atoms with Crippen LogP contribution in [0.25, 0.3) is 10.9 Å². The number of amides is 1. The topological polar surface area (TPSA) is 70.7 Å². The van der Waals surface area contributed by atoms with Gasteiger partial charge in [-0.1, -0.05) is 12.1 Å². The lowest BCUT2D eigenvalue weighted by Gasteiger charge is -2.12. The zero-order valence-electron chi connectivity index (χ0n) is 13.8. The van der Waals surface area contributed by atoms with Gasteiger partial charge in [0.25, 0.3) is 5.91 Å². The smallest absolute Gasteiger partial charge is 0.268 e. The summed E-state index contributed by atoms with van der Waals surface area (Å²) < 4.78 is 0. The Morgan fingerprint density at radius 1 is 1.17 bits per heavy atom. The number of rotatable bonds is 3. The number of nitrogens with one attached hydrogen (secondary N) is 2. The number of fused-ring (bicyclic) bond motifs is 1. The minimum atomic E-state index is -0.182. The summed E-state index contributed by atoms with van der Waals surface area (Å²) in [6.45, 7) is 8.00. The number of aryl methyl sites for hydroxylation is 3. The third-order valence-corrected chi connectivity index (χ3v) is 4.25. The molecule has 0 saturated carbocycles. The normalized spacial score (nSPS) is 12.3. The van der Waals surface area contributed by atoms with Gasteiger partial charge < -0.3 is 10.3 Å². The fourth-order valence-corrected chi connectivity index (χ4v) is 2.93. The van der Waals surface area contributed by atoms with E-state index in [1.54, 1.807) is 12.3 Å². The van der Waals surface area contributed by atoms with E-state index in [0.29, 0.717) is 5.69 Å². The highest BCUT2D eigenvalue weighted by Crippen LogP contribution is 2.27. The molecule has 0 spiro atoms. The minimum absolute atomic E-state index is 0.122. The average molecular weight is 308 g/mol. The van der Waals surface area contributed by atoms with Crippen molar-refractivity contribution in [2.75, 3.05) is 0 Å². The molecule has 2 aromatic heterocycles. The Morgan fingerprint density at radius 3 is 2.57 bits per heavy atom. The van der Waals surface area contributed by atoms with Gasteiger partial charge in [-0.05, 0) is 50.5 Å². The van der Waals surface area contributed by atoms with Crippen LogP contribution in [0.2, 0.25) is 0 Å². The second-order valence-corrected chi connectivity index (χ2v) is 5.90. The largest absolute Gasteiger partial charge is 0.350 e. The minimum Gasteiger partial charge on any atom is -0.350 e. The van der Waals surface area contributed by atoms with E-state index >= 15 is 0 Å². The number of hydrogen-bond donors (Lipinski definition) is 2. The Bertz CT molecular complexity index is 868. The summed E-state index contributed by atoms with van der Waals surface area (Å²) >= 11 is 0. The standard InChI is InChI=1S/C18H20N4O/c1-10-5-6-11(2)16-15(10)12(3)17(22-16)18(23)21-13(4)14-7-8-19-9-20-14/h5-9,13,22H,1-4H3,(H,21,23)/t13-/m1/s1. The van der Waals surface area contributed by atoms with Gasteiger partial charge in [0.1, 0.15) is 12.0 Å². The number of carbonyl (C=O) groups is 1. The van der Waals surface area contributed by atoms with E-state index in [4.69, 9.17) is 0 Å². The quantitative estimate of drug-likeness (QED) is 0.779. The highest BCUT2D eigenvalue weighted by atomic mass is 16.1. The molecule has 118 valence electrons. The first-order chi connectivity index (χ1) is 11.0. The van der Waals surface area contributed by atoms with Crippen LogP contribution in [0.15, 0.2) is 30.7 Å². The third-order valence-electron chi connectivity index (χ3n) is 4.25. The molecule has 0 fully saturated rings. The molecule has 0 aliphatic heterocycles. The Hall–Kier alpha value is -2.69.